The maximum atomic E-state index is 12.0. The minimum atomic E-state index is -0.744. The Balaban J connectivity index is 2.52. The van der Waals surface area contributed by atoms with Crippen molar-refractivity contribution in [2.24, 2.45) is 27.6 Å². The summed E-state index contributed by atoms with van der Waals surface area (Å²) < 4.78 is 0. The van der Waals surface area contributed by atoms with E-state index in [0.29, 0.717) is 25.3 Å². The molecule has 1 amide bonds. The lowest BCUT2D eigenvalue weighted by Gasteiger charge is -2.28. The highest BCUT2D eigenvalue weighted by atomic mass is 16.4. The largest absolute Gasteiger partial charge is 0.409 e. The van der Waals surface area contributed by atoms with Gasteiger partial charge in [0.05, 0.1) is 0 Å². The van der Waals surface area contributed by atoms with Crippen LogP contribution in [0.5, 0.6) is 0 Å². The van der Waals surface area contributed by atoms with Gasteiger partial charge < -0.3 is 16.3 Å². The molecule has 5 nitrogen and oxygen atoms in total. The molecule has 1 rings (SSSR count). The third-order valence-electron chi connectivity index (χ3n) is 3.83. The molecule has 5 heteroatoms. The smallest absolute Gasteiger partial charge is 0.233 e. The van der Waals surface area contributed by atoms with E-state index < -0.39 is 5.41 Å². The van der Waals surface area contributed by atoms with Crippen molar-refractivity contribution in [3.05, 3.63) is 0 Å². The normalized spacial score (nSPS) is 20.8. The van der Waals surface area contributed by atoms with E-state index in [1.165, 1.54) is 0 Å². The van der Waals surface area contributed by atoms with Gasteiger partial charge in [0.15, 0.2) is 5.84 Å². The van der Waals surface area contributed by atoms with E-state index in [0.717, 1.165) is 0 Å². The van der Waals surface area contributed by atoms with Crippen molar-refractivity contribution >= 4 is 11.7 Å². The lowest BCUT2D eigenvalue weighted by molar-refractivity contribution is -0.124. The van der Waals surface area contributed by atoms with Crippen molar-refractivity contribution in [3.63, 3.8) is 0 Å². The molecule has 1 saturated carbocycles. The Hall–Kier alpha value is -1.26. The molecule has 1 fully saturated rings. The van der Waals surface area contributed by atoms with E-state index >= 15 is 0 Å². The van der Waals surface area contributed by atoms with Crippen molar-refractivity contribution in [1.29, 1.82) is 0 Å². The van der Waals surface area contributed by atoms with E-state index in [-0.39, 0.29) is 17.2 Å². The van der Waals surface area contributed by atoms with Gasteiger partial charge in [-0.05, 0) is 24.2 Å². The third-order valence-corrected chi connectivity index (χ3v) is 3.83. The highest BCUT2D eigenvalue weighted by Crippen LogP contribution is 2.46. The first-order valence-electron chi connectivity index (χ1n) is 6.00. The summed E-state index contributed by atoms with van der Waals surface area (Å²) in [4.78, 5) is 12.0. The molecule has 98 valence electrons. The first-order chi connectivity index (χ1) is 7.74. The van der Waals surface area contributed by atoms with Crippen LogP contribution in [0.25, 0.3) is 0 Å². The molecule has 1 aliphatic carbocycles. The maximum absolute atomic E-state index is 12.0. The second kappa shape index (κ2) is 4.55. The Labute approximate surface area is 102 Å². The number of oxime groups is 1. The minimum Gasteiger partial charge on any atom is -0.409 e. The van der Waals surface area contributed by atoms with Crippen LogP contribution in [0.15, 0.2) is 5.16 Å². The van der Waals surface area contributed by atoms with Gasteiger partial charge in [0.2, 0.25) is 5.91 Å². The zero-order valence-electron chi connectivity index (χ0n) is 11.1. The summed E-state index contributed by atoms with van der Waals surface area (Å²) in [6.45, 7) is 9.13. The molecule has 0 radical (unpaired) electrons. The fraction of sp³-hybridized carbons (Fsp3) is 0.833. The van der Waals surface area contributed by atoms with E-state index in [9.17, 15) is 4.79 Å². The molecule has 0 aromatic carbocycles. The number of carbonyl (C=O) groups excluding carboxylic acids is 1. The van der Waals surface area contributed by atoms with Gasteiger partial charge in [-0.3, -0.25) is 4.79 Å². The highest BCUT2D eigenvalue weighted by Gasteiger charge is 2.54. The number of amides is 1. The molecule has 0 bridgehead atoms. The van der Waals surface area contributed by atoms with Gasteiger partial charge >= 0.3 is 0 Å². The summed E-state index contributed by atoms with van der Waals surface area (Å²) in [7, 11) is 0. The summed E-state index contributed by atoms with van der Waals surface area (Å²) in [5, 5.41) is 14.5. The second-order valence-corrected chi connectivity index (χ2v) is 6.04. The predicted molar refractivity (Wildman–Crippen MR) is 66.7 cm³/mol. The van der Waals surface area contributed by atoms with Crippen LogP contribution in [0.1, 0.15) is 40.5 Å². The van der Waals surface area contributed by atoms with Gasteiger partial charge in [0.1, 0.15) is 5.41 Å². The van der Waals surface area contributed by atoms with Crippen molar-refractivity contribution in [2.45, 2.75) is 40.5 Å². The molecular formula is C12H23N3O2. The van der Waals surface area contributed by atoms with Crippen LogP contribution in [-0.4, -0.2) is 23.5 Å². The number of nitrogens with one attached hydrogen (secondary N) is 1. The molecule has 1 unspecified atom stereocenters. The predicted octanol–water partition coefficient (Wildman–Crippen LogP) is 1.31. The Morgan fingerprint density at radius 2 is 2.06 bits per heavy atom. The number of carbonyl (C=O) groups is 1. The summed E-state index contributed by atoms with van der Waals surface area (Å²) in [6, 6.07) is 0. The lowest BCUT2D eigenvalue weighted by Crippen LogP contribution is -2.43. The van der Waals surface area contributed by atoms with Crippen LogP contribution >= 0.6 is 0 Å². The van der Waals surface area contributed by atoms with Crippen LogP contribution in [0.2, 0.25) is 0 Å². The average Bonchev–Trinajstić information content (AvgIpc) is 3.03. The maximum Gasteiger partial charge on any atom is 0.233 e. The van der Waals surface area contributed by atoms with Crippen LogP contribution in [-0.2, 0) is 4.79 Å². The van der Waals surface area contributed by atoms with Crippen LogP contribution in [0.3, 0.4) is 0 Å². The van der Waals surface area contributed by atoms with E-state index in [1.807, 2.05) is 0 Å². The standard InChI is InChI=1S/C12H23N3O2/c1-8(11(2,3)4)7-14-10(16)12(5-6-12)9(13)15-17/h8,17H,5-7H2,1-4H3,(H2,13,15)(H,14,16). The van der Waals surface area contributed by atoms with Gasteiger partial charge in [0.25, 0.3) is 0 Å². The lowest BCUT2D eigenvalue weighted by atomic mass is 9.82. The summed E-state index contributed by atoms with van der Waals surface area (Å²) in [6.07, 6.45) is 1.33. The minimum absolute atomic E-state index is 0.0263. The monoisotopic (exact) mass is 241 g/mol. The van der Waals surface area contributed by atoms with Gasteiger partial charge in [-0.2, -0.15) is 0 Å². The van der Waals surface area contributed by atoms with E-state index in [1.54, 1.807) is 0 Å². The molecule has 0 heterocycles. The first-order valence-corrected chi connectivity index (χ1v) is 6.00. The van der Waals surface area contributed by atoms with Crippen molar-refractivity contribution in [3.8, 4) is 0 Å². The van der Waals surface area contributed by atoms with Crippen LogP contribution < -0.4 is 11.1 Å². The van der Waals surface area contributed by atoms with Gasteiger partial charge in [-0.1, -0.05) is 32.9 Å². The Morgan fingerprint density at radius 1 is 1.53 bits per heavy atom. The average molecular weight is 241 g/mol. The number of rotatable bonds is 4. The number of nitrogens with zero attached hydrogens (tertiary/aromatic N) is 1. The number of amidine groups is 1. The molecule has 0 spiro atoms. The quantitative estimate of drug-likeness (QED) is 0.300. The highest BCUT2D eigenvalue weighted by molar-refractivity contribution is 6.09. The van der Waals surface area contributed by atoms with Crippen molar-refractivity contribution in [2.75, 3.05) is 6.54 Å². The fourth-order valence-corrected chi connectivity index (χ4v) is 1.54. The summed E-state index contributed by atoms with van der Waals surface area (Å²) in [5.41, 5.74) is 4.96. The summed E-state index contributed by atoms with van der Waals surface area (Å²) in [5.74, 6) is 0.275. The first kappa shape index (κ1) is 13.8. The molecule has 4 N–H and O–H groups in total. The fourth-order valence-electron chi connectivity index (χ4n) is 1.54. The molecule has 0 aliphatic heterocycles. The number of nitrogens with two attached hydrogens (primary N) is 1. The van der Waals surface area contributed by atoms with Crippen molar-refractivity contribution in [1.82, 2.24) is 5.32 Å². The zero-order chi connectivity index (χ0) is 13.3. The zero-order valence-corrected chi connectivity index (χ0v) is 11.1. The molecule has 1 aliphatic rings. The van der Waals surface area contributed by atoms with Gasteiger partial charge in [-0.25, -0.2) is 0 Å². The third kappa shape index (κ3) is 2.90. The molecular weight excluding hydrogens is 218 g/mol. The number of hydrogen-bond donors (Lipinski definition) is 3. The van der Waals surface area contributed by atoms with E-state index in [4.69, 9.17) is 10.9 Å². The molecule has 0 saturated heterocycles. The Bertz CT molecular complexity index is 327. The van der Waals surface area contributed by atoms with E-state index in [2.05, 4.69) is 38.2 Å². The summed E-state index contributed by atoms with van der Waals surface area (Å²) >= 11 is 0. The SMILES string of the molecule is CC(CNC(=O)C1(C(N)=NO)CC1)C(C)(C)C. The molecule has 0 aromatic heterocycles. The molecule has 1 atom stereocenters. The van der Waals surface area contributed by atoms with Crippen LogP contribution in [0.4, 0.5) is 0 Å². The number of hydrogen-bond acceptors (Lipinski definition) is 3. The second-order valence-electron chi connectivity index (χ2n) is 6.04. The Morgan fingerprint density at radius 3 is 2.41 bits per heavy atom. The molecule has 17 heavy (non-hydrogen) atoms. The van der Waals surface area contributed by atoms with Crippen molar-refractivity contribution < 1.29 is 10.0 Å². The topological polar surface area (TPSA) is 87.7 Å². The van der Waals surface area contributed by atoms with Crippen LogP contribution in [0, 0.1) is 16.7 Å². The van der Waals surface area contributed by atoms with Gasteiger partial charge in [0, 0.05) is 6.54 Å². The molecule has 0 aromatic rings. The van der Waals surface area contributed by atoms with Gasteiger partial charge in [-0.15, -0.1) is 0 Å². The Kier molecular flexibility index (Phi) is 3.69.